The molecule has 0 bridgehead atoms. The fraction of sp³-hybridized carbons (Fsp3) is 0.900. The molecule has 1 N–H and O–H groups in total. The highest BCUT2D eigenvalue weighted by molar-refractivity contribution is 7.91. The van der Waals surface area contributed by atoms with Crippen LogP contribution in [0.2, 0.25) is 0 Å². The first-order valence-corrected chi connectivity index (χ1v) is 9.81. The van der Waals surface area contributed by atoms with E-state index in [-0.39, 0.29) is 30.2 Å². The van der Waals surface area contributed by atoms with Gasteiger partial charge in [-0.1, -0.05) is 0 Å². The maximum absolute atomic E-state index is 11.5. The van der Waals surface area contributed by atoms with Crippen LogP contribution >= 0.6 is 0 Å². The summed E-state index contributed by atoms with van der Waals surface area (Å²) in [7, 11) is -6.24. The van der Waals surface area contributed by atoms with Gasteiger partial charge in [0, 0.05) is 18.8 Å². The molecule has 0 aromatic heterocycles. The monoisotopic (exact) mass is 313 g/mol. The van der Waals surface area contributed by atoms with Crippen LogP contribution in [0, 0.1) is 0 Å². The standard InChI is InChI=1S/C10H19NO6S2/c1-18(14,15)5-2-3-11-4-6-19(16,17)8-9(11)7-10(12)13/h9H,2-8H2,1H3,(H,12,13). The minimum Gasteiger partial charge on any atom is -0.481 e. The summed E-state index contributed by atoms with van der Waals surface area (Å²) in [6, 6.07) is -0.559. The van der Waals surface area contributed by atoms with Crippen LogP contribution < -0.4 is 0 Å². The third kappa shape index (κ3) is 6.35. The van der Waals surface area contributed by atoms with E-state index >= 15 is 0 Å². The van der Waals surface area contributed by atoms with E-state index in [0.29, 0.717) is 13.0 Å². The molecule has 7 nitrogen and oxygen atoms in total. The summed E-state index contributed by atoms with van der Waals surface area (Å²) in [6.45, 7) is 0.671. The molecular weight excluding hydrogens is 294 g/mol. The van der Waals surface area contributed by atoms with Gasteiger partial charge in [0.2, 0.25) is 0 Å². The molecule has 1 aliphatic rings. The SMILES string of the molecule is CS(=O)(=O)CCCN1CCS(=O)(=O)CC1CC(=O)O. The van der Waals surface area contributed by atoms with Crippen molar-refractivity contribution in [2.45, 2.75) is 18.9 Å². The highest BCUT2D eigenvalue weighted by atomic mass is 32.2. The Morgan fingerprint density at radius 1 is 1.42 bits per heavy atom. The molecule has 0 aromatic carbocycles. The molecule has 1 atom stereocenters. The molecule has 1 fully saturated rings. The van der Waals surface area contributed by atoms with Crippen LogP contribution in [0.3, 0.4) is 0 Å². The largest absolute Gasteiger partial charge is 0.481 e. The quantitative estimate of drug-likeness (QED) is 0.669. The third-order valence-electron chi connectivity index (χ3n) is 3.02. The van der Waals surface area contributed by atoms with E-state index in [2.05, 4.69) is 0 Å². The van der Waals surface area contributed by atoms with Crippen LogP contribution in [0.25, 0.3) is 0 Å². The second-order valence-electron chi connectivity index (χ2n) is 4.89. The van der Waals surface area contributed by atoms with E-state index in [1.54, 1.807) is 4.90 Å². The summed E-state index contributed by atoms with van der Waals surface area (Å²) in [5.74, 6) is -1.19. The van der Waals surface area contributed by atoms with Gasteiger partial charge in [0.15, 0.2) is 9.84 Å². The Bertz CT molecular complexity index is 524. The van der Waals surface area contributed by atoms with Gasteiger partial charge in [-0.05, 0) is 13.0 Å². The molecule has 9 heteroatoms. The Balaban J connectivity index is 2.61. The molecule has 0 spiro atoms. The van der Waals surface area contributed by atoms with Crippen LogP contribution in [0.15, 0.2) is 0 Å². The Morgan fingerprint density at radius 2 is 2.05 bits per heavy atom. The average molecular weight is 313 g/mol. The molecule has 1 aliphatic heterocycles. The van der Waals surface area contributed by atoms with Gasteiger partial charge in [-0.3, -0.25) is 9.69 Å². The molecule has 112 valence electrons. The predicted octanol–water partition coefficient (Wildman–Crippen LogP) is -1.01. The lowest BCUT2D eigenvalue weighted by molar-refractivity contribution is -0.138. The molecule has 1 saturated heterocycles. The zero-order valence-corrected chi connectivity index (χ0v) is 12.4. The van der Waals surface area contributed by atoms with Crippen LogP contribution in [0.4, 0.5) is 0 Å². The Hall–Kier alpha value is -0.670. The normalized spacial score (nSPS) is 24.2. The molecule has 1 rings (SSSR count). The summed E-state index contributed by atoms with van der Waals surface area (Å²) in [5.41, 5.74) is 0. The summed E-state index contributed by atoms with van der Waals surface area (Å²) in [4.78, 5) is 12.5. The van der Waals surface area contributed by atoms with Gasteiger partial charge in [-0.15, -0.1) is 0 Å². The zero-order valence-electron chi connectivity index (χ0n) is 10.8. The number of sulfone groups is 2. The molecule has 0 radical (unpaired) electrons. The van der Waals surface area contributed by atoms with E-state index < -0.39 is 31.7 Å². The number of rotatable bonds is 6. The van der Waals surface area contributed by atoms with Crippen LogP contribution in [-0.4, -0.2) is 75.5 Å². The van der Waals surface area contributed by atoms with Crippen molar-refractivity contribution in [1.82, 2.24) is 4.90 Å². The highest BCUT2D eigenvalue weighted by Crippen LogP contribution is 2.15. The lowest BCUT2D eigenvalue weighted by Crippen LogP contribution is -2.49. The molecule has 0 aromatic rings. The van der Waals surface area contributed by atoms with Gasteiger partial charge in [-0.2, -0.15) is 0 Å². The van der Waals surface area contributed by atoms with Crippen LogP contribution in [0.1, 0.15) is 12.8 Å². The first-order chi connectivity index (χ1) is 8.59. The molecule has 19 heavy (non-hydrogen) atoms. The second kappa shape index (κ2) is 6.19. The topological polar surface area (TPSA) is 109 Å². The number of hydrogen-bond acceptors (Lipinski definition) is 6. The third-order valence-corrected chi connectivity index (χ3v) is 5.75. The summed E-state index contributed by atoms with van der Waals surface area (Å²) in [5, 5.41) is 8.79. The Labute approximate surface area is 113 Å². The number of aliphatic carboxylic acids is 1. The van der Waals surface area contributed by atoms with Crippen molar-refractivity contribution in [3.05, 3.63) is 0 Å². The Morgan fingerprint density at radius 3 is 2.58 bits per heavy atom. The van der Waals surface area contributed by atoms with E-state index in [9.17, 15) is 21.6 Å². The van der Waals surface area contributed by atoms with Gasteiger partial charge >= 0.3 is 5.97 Å². The lowest BCUT2D eigenvalue weighted by Gasteiger charge is -2.34. The van der Waals surface area contributed by atoms with E-state index in [0.717, 1.165) is 6.26 Å². The molecule has 0 aliphatic carbocycles. The summed E-state index contributed by atoms with van der Waals surface area (Å²) in [6.07, 6.45) is 1.29. The first-order valence-electron chi connectivity index (χ1n) is 5.93. The number of nitrogens with zero attached hydrogens (tertiary/aromatic N) is 1. The van der Waals surface area contributed by atoms with Crippen molar-refractivity contribution in [3.63, 3.8) is 0 Å². The van der Waals surface area contributed by atoms with Crippen LogP contribution in [0.5, 0.6) is 0 Å². The first kappa shape index (κ1) is 16.4. The molecular formula is C10H19NO6S2. The molecule has 0 saturated carbocycles. The van der Waals surface area contributed by atoms with Crippen molar-refractivity contribution in [3.8, 4) is 0 Å². The molecule has 1 unspecified atom stereocenters. The van der Waals surface area contributed by atoms with Crippen molar-refractivity contribution in [1.29, 1.82) is 0 Å². The number of carbonyl (C=O) groups is 1. The maximum atomic E-state index is 11.5. The van der Waals surface area contributed by atoms with E-state index in [4.69, 9.17) is 5.11 Å². The number of carboxylic acids is 1. The maximum Gasteiger partial charge on any atom is 0.304 e. The van der Waals surface area contributed by atoms with Gasteiger partial charge < -0.3 is 5.11 Å². The van der Waals surface area contributed by atoms with Crippen LogP contribution in [-0.2, 0) is 24.5 Å². The van der Waals surface area contributed by atoms with Crippen molar-refractivity contribution >= 4 is 25.6 Å². The zero-order chi connectivity index (χ0) is 14.7. The summed E-state index contributed by atoms with van der Waals surface area (Å²) < 4.78 is 45.1. The fourth-order valence-corrected chi connectivity index (χ4v) is 4.38. The molecule has 0 amide bonds. The lowest BCUT2D eigenvalue weighted by atomic mass is 10.2. The minimum absolute atomic E-state index is 0.00198. The van der Waals surface area contributed by atoms with Crippen molar-refractivity contribution in [2.75, 3.05) is 36.6 Å². The van der Waals surface area contributed by atoms with E-state index in [1.807, 2.05) is 0 Å². The van der Waals surface area contributed by atoms with Gasteiger partial charge in [-0.25, -0.2) is 16.8 Å². The summed E-state index contributed by atoms with van der Waals surface area (Å²) >= 11 is 0. The highest BCUT2D eigenvalue weighted by Gasteiger charge is 2.32. The van der Waals surface area contributed by atoms with Gasteiger partial charge in [0.25, 0.3) is 0 Å². The van der Waals surface area contributed by atoms with E-state index in [1.165, 1.54) is 0 Å². The number of carboxylic acid groups (broad SMARTS) is 1. The van der Waals surface area contributed by atoms with Gasteiger partial charge in [0.1, 0.15) is 9.84 Å². The second-order valence-corrected chi connectivity index (χ2v) is 9.37. The van der Waals surface area contributed by atoms with Gasteiger partial charge in [0.05, 0.1) is 23.7 Å². The smallest absolute Gasteiger partial charge is 0.304 e. The fourth-order valence-electron chi connectivity index (χ4n) is 2.13. The van der Waals surface area contributed by atoms with Crippen molar-refractivity contribution < 1.29 is 26.7 Å². The van der Waals surface area contributed by atoms with Crippen molar-refractivity contribution in [2.24, 2.45) is 0 Å². The Kier molecular flexibility index (Phi) is 5.34. The average Bonchev–Trinajstić information content (AvgIpc) is 2.18. The predicted molar refractivity (Wildman–Crippen MR) is 70.6 cm³/mol. The minimum atomic E-state index is -3.19. The molecule has 1 heterocycles. The number of hydrogen-bond donors (Lipinski definition) is 1.